The number of aromatic nitrogens is 4. The van der Waals surface area contributed by atoms with E-state index in [4.69, 9.17) is 15.0 Å². The van der Waals surface area contributed by atoms with Gasteiger partial charge < -0.3 is 20.3 Å². The van der Waals surface area contributed by atoms with Crippen molar-refractivity contribution >= 4 is 11.7 Å². The maximum Gasteiger partial charge on any atom is 0.258 e. The van der Waals surface area contributed by atoms with Gasteiger partial charge in [-0.25, -0.2) is 9.97 Å². The molecule has 0 saturated heterocycles. The third kappa shape index (κ3) is 4.01. The van der Waals surface area contributed by atoms with E-state index in [2.05, 4.69) is 25.4 Å². The van der Waals surface area contributed by atoms with Crippen LogP contribution in [0, 0.1) is 0 Å². The Morgan fingerprint density at radius 2 is 2.04 bits per heavy atom. The summed E-state index contributed by atoms with van der Waals surface area (Å²) in [5.41, 5.74) is 8.16. The Hall–Kier alpha value is -3.33. The van der Waals surface area contributed by atoms with Gasteiger partial charge in [0.1, 0.15) is 12.4 Å². The lowest BCUT2D eigenvalue weighted by molar-refractivity contribution is -0.119. The Kier molecular flexibility index (Phi) is 5.18. The van der Waals surface area contributed by atoms with E-state index in [9.17, 15) is 4.79 Å². The minimum absolute atomic E-state index is 0.0769. The lowest BCUT2D eigenvalue weighted by atomic mass is 10.1. The SMILES string of the molecule is COCc1ncc(-c2noc(-c3ccc(CNC(C)=O)cc3)n2)c(N)n1. The molecule has 2 aromatic heterocycles. The highest BCUT2D eigenvalue weighted by Gasteiger charge is 2.15. The van der Waals surface area contributed by atoms with Crippen LogP contribution in [0.25, 0.3) is 22.8 Å². The molecule has 3 rings (SSSR count). The van der Waals surface area contributed by atoms with E-state index in [0.717, 1.165) is 11.1 Å². The summed E-state index contributed by atoms with van der Waals surface area (Å²) in [7, 11) is 1.56. The number of hydrogen-bond acceptors (Lipinski definition) is 8. The molecule has 0 bridgehead atoms. The van der Waals surface area contributed by atoms with E-state index in [1.54, 1.807) is 13.3 Å². The van der Waals surface area contributed by atoms with Crippen LogP contribution in [0.5, 0.6) is 0 Å². The highest BCUT2D eigenvalue weighted by molar-refractivity contribution is 5.72. The first-order chi connectivity index (χ1) is 12.6. The minimum Gasteiger partial charge on any atom is -0.383 e. The lowest BCUT2D eigenvalue weighted by Gasteiger charge is -2.03. The molecule has 0 unspecified atom stereocenters. The van der Waals surface area contributed by atoms with Gasteiger partial charge in [0, 0.05) is 32.3 Å². The van der Waals surface area contributed by atoms with Gasteiger partial charge in [0.15, 0.2) is 5.82 Å². The Balaban J connectivity index is 1.78. The van der Waals surface area contributed by atoms with Crippen LogP contribution in [0.1, 0.15) is 18.3 Å². The van der Waals surface area contributed by atoms with E-state index in [0.29, 0.717) is 29.6 Å². The van der Waals surface area contributed by atoms with Crippen molar-refractivity contribution in [2.45, 2.75) is 20.1 Å². The maximum absolute atomic E-state index is 11.0. The van der Waals surface area contributed by atoms with E-state index in [-0.39, 0.29) is 18.3 Å². The highest BCUT2D eigenvalue weighted by Crippen LogP contribution is 2.25. The van der Waals surface area contributed by atoms with Gasteiger partial charge in [0.25, 0.3) is 5.89 Å². The number of carbonyl (C=O) groups is 1. The molecule has 9 nitrogen and oxygen atoms in total. The number of hydrogen-bond donors (Lipinski definition) is 2. The number of amides is 1. The monoisotopic (exact) mass is 354 g/mol. The number of anilines is 1. The van der Waals surface area contributed by atoms with Crippen LogP contribution in [0.2, 0.25) is 0 Å². The van der Waals surface area contributed by atoms with Crippen LogP contribution in [0.3, 0.4) is 0 Å². The van der Waals surface area contributed by atoms with Crippen molar-refractivity contribution in [1.82, 2.24) is 25.4 Å². The summed E-state index contributed by atoms with van der Waals surface area (Å²) < 4.78 is 10.3. The van der Waals surface area contributed by atoms with Crippen LogP contribution in [0.4, 0.5) is 5.82 Å². The average molecular weight is 354 g/mol. The summed E-state index contributed by atoms with van der Waals surface area (Å²) in [5, 5.41) is 6.69. The number of benzene rings is 1. The molecule has 134 valence electrons. The van der Waals surface area contributed by atoms with Crippen LogP contribution in [-0.4, -0.2) is 33.1 Å². The summed E-state index contributed by atoms with van der Waals surface area (Å²) >= 11 is 0. The zero-order valence-corrected chi connectivity index (χ0v) is 14.4. The Morgan fingerprint density at radius 3 is 2.69 bits per heavy atom. The fraction of sp³-hybridized carbons (Fsp3) is 0.235. The van der Waals surface area contributed by atoms with Crippen molar-refractivity contribution < 1.29 is 14.1 Å². The van der Waals surface area contributed by atoms with E-state index < -0.39 is 0 Å². The molecular formula is C17H18N6O3. The van der Waals surface area contributed by atoms with Gasteiger partial charge in [0.2, 0.25) is 11.7 Å². The Morgan fingerprint density at radius 1 is 1.27 bits per heavy atom. The second kappa shape index (κ2) is 7.70. The standard InChI is InChI=1S/C17H18N6O3/c1-10(24)19-7-11-3-5-12(6-4-11)17-22-16(23-26-17)13-8-20-14(9-25-2)21-15(13)18/h3-6,8H,7,9H2,1-2H3,(H,19,24)(H2,18,20,21). The molecule has 3 N–H and O–H groups in total. The van der Waals surface area contributed by atoms with Crippen molar-refractivity contribution in [2.24, 2.45) is 0 Å². The predicted octanol–water partition coefficient (Wildman–Crippen LogP) is 1.56. The van der Waals surface area contributed by atoms with Crippen molar-refractivity contribution in [3.05, 3.63) is 41.9 Å². The molecule has 0 fully saturated rings. The second-order valence-electron chi connectivity index (χ2n) is 5.55. The van der Waals surface area contributed by atoms with Crippen LogP contribution in [-0.2, 0) is 22.7 Å². The number of carbonyl (C=O) groups excluding carboxylic acids is 1. The third-order valence-corrected chi connectivity index (χ3v) is 3.55. The number of rotatable bonds is 6. The fourth-order valence-electron chi connectivity index (χ4n) is 2.25. The van der Waals surface area contributed by atoms with Gasteiger partial charge in [-0.05, 0) is 17.7 Å². The third-order valence-electron chi connectivity index (χ3n) is 3.55. The molecule has 1 amide bonds. The van der Waals surface area contributed by atoms with Gasteiger partial charge in [-0.15, -0.1) is 0 Å². The number of methoxy groups -OCH3 is 1. The smallest absolute Gasteiger partial charge is 0.258 e. The van der Waals surface area contributed by atoms with E-state index >= 15 is 0 Å². The molecule has 0 saturated carbocycles. The van der Waals surface area contributed by atoms with E-state index in [1.165, 1.54) is 6.92 Å². The molecule has 0 aliphatic heterocycles. The van der Waals surface area contributed by atoms with Gasteiger partial charge in [-0.3, -0.25) is 4.79 Å². The lowest BCUT2D eigenvalue weighted by Crippen LogP contribution is -2.18. The zero-order chi connectivity index (χ0) is 18.5. The summed E-state index contributed by atoms with van der Waals surface area (Å²) in [6.07, 6.45) is 1.54. The van der Waals surface area contributed by atoms with Gasteiger partial charge in [-0.2, -0.15) is 4.98 Å². The van der Waals surface area contributed by atoms with Crippen molar-refractivity contribution in [2.75, 3.05) is 12.8 Å². The number of nitrogens with zero attached hydrogens (tertiary/aromatic N) is 4. The second-order valence-corrected chi connectivity index (χ2v) is 5.55. The largest absolute Gasteiger partial charge is 0.383 e. The average Bonchev–Trinajstić information content (AvgIpc) is 3.10. The molecule has 0 aliphatic carbocycles. The van der Waals surface area contributed by atoms with E-state index in [1.807, 2.05) is 24.3 Å². The maximum atomic E-state index is 11.0. The molecule has 26 heavy (non-hydrogen) atoms. The molecule has 0 spiro atoms. The first-order valence-corrected chi connectivity index (χ1v) is 7.85. The molecule has 0 atom stereocenters. The minimum atomic E-state index is -0.0769. The molecule has 9 heteroatoms. The van der Waals surface area contributed by atoms with Gasteiger partial charge in [0.05, 0.1) is 5.56 Å². The summed E-state index contributed by atoms with van der Waals surface area (Å²) in [6.45, 7) is 2.21. The Bertz CT molecular complexity index is 907. The number of nitrogens with one attached hydrogen (secondary N) is 1. The Labute approximate surface area is 149 Å². The highest BCUT2D eigenvalue weighted by atomic mass is 16.5. The topological polar surface area (TPSA) is 129 Å². The number of nitrogen functional groups attached to an aromatic ring is 1. The van der Waals surface area contributed by atoms with Crippen LogP contribution >= 0.6 is 0 Å². The van der Waals surface area contributed by atoms with Crippen LogP contribution in [0.15, 0.2) is 35.0 Å². The van der Waals surface area contributed by atoms with Crippen molar-refractivity contribution in [3.8, 4) is 22.8 Å². The summed E-state index contributed by atoms with van der Waals surface area (Å²) in [5.74, 6) is 1.32. The quantitative estimate of drug-likeness (QED) is 0.682. The normalized spacial score (nSPS) is 10.7. The van der Waals surface area contributed by atoms with Gasteiger partial charge >= 0.3 is 0 Å². The number of nitrogens with two attached hydrogens (primary N) is 1. The first kappa shape index (κ1) is 17.5. The molecule has 1 aromatic carbocycles. The fourth-order valence-corrected chi connectivity index (χ4v) is 2.25. The van der Waals surface area contributed by atoms with Crippen molar-refractivity contribution in [1.29, 1.82) is 0 Å². The van der Waals surface area contributed by atoms with Gasteiger partial charge in [-0.1, -0.05) is 17.3 Å². The summed E-state index contributed by atoms with van der Waals surface area (Å²) in [4.78, 5) is 23.6. The molecule has 0 radical (unpaired) electrons. The predicted molar refractivity (Wildman–Crippen MR) is 93.4 cm³/mol. The summed E-state index contributed by atoms with van der Waals surface area (Å²) in [6, 6.07) is 7.45. The molecule has 3 aromatic rings. The number of ether oxygens (including phenoxy) is 1. The molecule has 2 heterocycles. The van der Waals surface area contributed by atoms with Crippen LogP contribution < -0.4 is 11.1 Å². The molecule has 0 aliphatic rings. The first-order valence-electron chi connectivity index (χ1n) is 7.85. The van der Waals surface area contributed by atoms with Crippen molar-refractivity contribution in [3.63, 3.8) is 0 Å². The zero-order valence-electron chi connectivity index (χ0n) is 14.4. The molecular weight excluding hydrogens is 336 g/mol.